The summed E-state index contributed by atoms with van der Waals surface area (Å²) in [5, 5.41) is 3.82. The second-order valence-corrected chi connectivity index (χ2v) is 8.82. The molecular weight excluding hydrogens is 447 g/mol. The summed E-state index contributed by atoms with van der Waals surface area (Å²) in [6.07, 6.45) is -4.72. The number of benzene rings is 2. The minimum atomic E-state index is -4.72. The van der Waals surface area contributed by atoms with E-state index in [9.17, 15) is 31.2 Å². The highest BCUT2D eigenvalue weighted by molar-refractivity contribution is 7.89. The molecule has 2 amide bonds. The highest BCUT2D eigenvalue weighted by atomic mass is 35.5. The number of amides is 2. The molecule has 0 heterocycles. The van der Waals surface area contributed by atoms with Gasteiger partial charge < -0.3 is 10.6 Å². The number of rotatable bonds is 5. The van der Waals surface area contributed by atoms with E-state index in [-0.39, 0.29) is 17.1 Å². The quantitative estimate of drug-likeness (QED) is 0.666. The molecule has 0 unspecified atom stereocenters. The summed E-state index contributed by atoms with van der Waals surface area (Å²) >= 11 is 5.50. The van der Waals surface area contributed by atoms with Crippen molar-refractivity contribution in [3.05, 3.63) is 58.6 Å². The van der Waals surface area contributed by atoms with Gasteiger partial charge in [-0.3, -0.25) is 9.59 Å². The molecule has 0 atom stereocenters. The van der Waals surface area contributed by atoms with Crippen molar-refractivity contribution in [3.63, 3.8) is 0 Å². The zero-order valence-electron chi connectivity index (χ0n) is 15.7. The van der Waals surface area contributed by atoms with Crippen molar-refractivity contribution in [1.82, 2.24) is 9.62 Å². The van der Waals surface area contributed by atoms with Gasteiger partial charge in [-0.05, 0) is 35.9 Å². The van der Waals surface area contributed by atoms with Crippen LogP contribution in [0.1, 0.15) is 11.1 Å². The number of carbonyl (C=O) groups is 2. The van der Waals surface area contributed by atoms with Gasteiger partial charge in [-0.2, -0.15) is 13.2 Å². The lowest BCUT2D eigenvalue weighted by atomic mass is 10.2. The third kappa shape index (κ3) is 5.71. The van der Waals surface area contributed by atoms with E-state index in [2.05, 4.69) is 10.6 Å². The van der Waals surface area contributed by atoms with Crippen LogP contribution in [0.5, 0.6) is 0 Å². The maximum atomic E-state index is 12.9. The van der Waals surface area contributed by atoms with Crippen LogP contribution in [-0.2, 0) is 32.3 Å². The Morgan fingerprint density at radius 3 is 2.17 bits per heavy atom. The fourth-order valence-electron chi connectivity index (χ4n) is 2.26. The van der Waals surface area contributed by atoms with E-state index in [1.54, 1.807) is 0 Å². The Kier molecular flexibility index (Phi) is 7.11. The van der Waals surface area contributed by atoms with Crippen molar-refractivity contribution in [1.29, 1.82) is 0 Å². The molecule has 2 rings (SSSR count). The van der Waals surface area contributed by atoms with Gasteiger partial charge in [-0.1, -0.05) is 23.7 Å². The van der Waals surface area contributed by atoms with Crippen LogP contribution in [0.2, 0.25) is 5.02 Å². The predicted molar refractivity (Wildman–Crippen MR) is 104 cm³/mol. The van der Waals surface area contributed by atoms with Crippen LogP contribution < -0.4 is 10.6 Å². The van der Waals surface area contributed by atoms with Crippen molar-refractivity contribution in [2.24, 2.45) is 0 Å². The molecule has 7 nitrogen and oxygen atoms in total. The number of anilines is 1. The average Bonchev–Trinajstić information content (AvgIpc) is 2.66. The summed E-state index contributed by atoms with van der Waals surface area (Å²) in [4.78, 5) is 23.9. The Morgan fingerprint density at radius 1 is 1.03 bits per heavy atom. The van der Waals surface area contributed by atoms with E-state index >= 15 is 0 Å². The van der Waals surface area contributed by atoms with Gasteiger partial charge in [0, 0.05) is 26.3 Å². The van der Waals surface area contributed by atoms with Gasteiger partial charge in [0.05, 0.1) is 15.5 Å². The number of nitrogens with one attached hydrogen (secondary N) is 2. The summed E-state index contributed by atoms with van der Waals surface area (Å²) in [7, 11) is -0.819. The topological polar surface area (TPSA) is 95.6 Å². The van der Waals surface area contributed by atoms with Gasteiger partial charge in [-0.15, -0.1) is 0 Å². The van der Waals surface area contributed by atoms with Gasteiger partial charge in [0.25, 0.3) is 0 Å². The molecule has 12 heteroatoms. The molecule has 0 aliphatic carbocycles. The van der Waals surface area contributed by atoms with Crippen molar-refractivity contribution in [2.45, 2.75) is 17.6 Å². The molecule has 162 valence electrons. The molecule has 0 bridgehead atoms. The standard InChI is InChI=1S/C18H17ClF3N3O4S/c1-25(2)30(28,29)13-6-3-11(4-7-13)10-23-16(26)17(27)24-12-5-8-15(19)14(9-12)18(20,21)22/h3-9H,10H2,1-2H3,(H,23,26)(H,24,27). The SMILES string of the molecule is CN(C)S(=O)(=O)c1ccc(CNC(=O)C(=O)Nc2ccc(Cl)c(C(F)(F)F)c2)cc1. The molecule has 2 aromatic carbocycles. The highest BCUT2D eigenvalue weighted by Gasteiger charge is 2.33. The average molecular weight is 464 g/mol. The minimum absolute atomic E-state index is 0.0588. The number of alkyl halides is 3. The Hall–Kier alpha value is -2.63. The van der Waals surface area contributed by atoms with Crippen LogP contribution >= 0.6 is 11.6 Å². The van der Waals surface area contributed by atoms with Crippen molar-refractivity contribution in [3.8, 4) is 0 Å². The first-order chi connectivity index (χ1) is 13.8. The summed E-state index contributed by atoms with van der Waals surface area (Å²) in [5.74, 6) is -2.25. The molecular formula is C18H17ClF3N3O4S. The molecule has 0 aromatic heterocycles. The maximum Gasteiger partial charge on any atom is 0.417 e. The first kappa shape index (κ1) is 23.6. The van der Waals surface area contributed by atoms with Crippen molar-refractivity contribution in [2.75, 3.05) is 19.4 Å². The molecule has 0 fully saturated rings. The fraction of sp³-hybridized carbons (Fsp3) is 0.222. The van der Waals surface area contributed by atoms with Gasteiger partial charge >= 0.3 is 18.0 Å². The first-order valence-corrected chi connectivity index (χ1v) is 10.1. The molecule has 0 spiro atoms. The van der Waals surface area contributed by atoms with Crippen LogP contribution in [0.15, 0.2) is 47.4 Å². The number of carbonyl (C=O) groups excluding carboxylic acids is 2. The Morgan fingerprint density at radius 2 is 1.63 bits per heavy atom. The maximum absolute atomic E-state index is 12.9. The van der Waals surface area contributed by atoms with E-state index in [1.165, 1.54) is 38.4 Å². The molecule has 0 saturated carbocycles. The lowest BCUT2D eigenvalue weighted by molar-refractivity contribution is -0.137. The Bertz CT molecular complexity index is 1060. The Balaban J connectivity index is 2.00. The first-order valence-electron chi connectivity index (χ1n) is 8.30. The van der Waals surface area contributed by atoms with Crippen LogP contribution in [0, 0.1) is 0 Å². The third-order valence-corrected chi connectivity index (χ3v) is 6.05. The lowest BCUT2D eigenvalue weighted by Gasteiger charge is -2.12. The van der Waals surface area contributed by atoms with Gasteiger partial charge in [-0.25, -0.2) is 12.7 Å². The zero-order chi connectivity index (χ0) is 22.7. The summed E-state index contributed by atoms with van der Waals surface area (Å²) < 4.78 is 63.6. The van der Waals surface area contributed by atoms with E-state index in [4.69, 9.17) is 11.6 Å². The van der Waals surface area contributed by atoms with E-state index < -0.39 is 38.6 Å². The van der Waals surface area contributed by atoms with E-state index in [0.29, 0.717) is 11.6 Å². The Labute approximate surface area is 175 Å². The summed E-state index contributed by atoms with van der Waals surface area (Å²) in [5.41, 5.74) is -0.875. The zero-order valence-corrected chi connectivity index (χ0v) is 17.3. The molecule has 0 radical (unpaired) electrons. The number of hydrogen-bond donors (Lipinski definition) is 2. The molecule has 2 N–H and O–H groups in total. The largest absolute Gasteiger partial charge is 0.417 e. The van der Waals surface area contributed by atoms with Crippen LogP contribution in [0.3, 0.4) is 0 Å². The van der Waals surface area contributed by atoms with Crippen LogP contribution in [-0.4, -0.2) is 38.6 Å². The molecule has 0 saturated heterocycles. The predicted octanol–water partition coefficient (Wildman–Crippen LogP) is 2.86. The number of hydrogen-bond acceptors (Lipinski definition) is 4. The number of halogens is 4. The molecule has 30 heavy (non-hydrogen) atoms. The minimum Gasteiger partial charge on any atom is -0.344 e. The van der Waals surface area contributed by atoms with Gasteiger partial charge in [0.15, 0.2) is 0 Å². The summed E-state index contributed by atoms with van der Waals surface area (Å²) in [6.45, 7) is -0.0943. The molecule has 0 aliphatic rings. The number of sulfonamides is 1. The van der Waals surface area contributed by atoms with Gasteiger partial charge in [0.2, 0.25) is 10.0 Å². The van der Waals surface area contributed by atoms with Crippen LogP contribution in [0.4, 0.5) is 18.9 Å². The smallest absolute Gasteiger partial charge is 0.344 e. The van der Waals surface area contributed by atoms with E-state index in [0.717, 1.165) is 16.4 Å². The monoisotopic (exact) mass is 463 g/mol. The van der Waals surface area contributed by atoms with Crippen molar-refractivity contribution < 1.29 is 31.2 Å². The molecule has 0 aliphatic heterocycles. The van der Waals surface area contributed by atoms with Gasteiger partial charge in [0.1, 0.15) is 0 Å². The summed E-state index contributed by atoms with van der Waals surface area (Å²) in [6, 6.07) is 8.34. The second-order valence-electron chi connectivity index (χ2n) is 6.26. The highest BCUT2D eigenvalue weighted by Crippen LogP contribution is 2.36. The fourth-order valence-corrected chi connectivity index (χ4v) is 3.39. The third-order valence-electron chi connectivity index (χ3n) is 3.89. The molecule has 2 aromatic rings. The second kappa shape index (κ2) is 9.02. The normalized spacial score (nSPS) is 12.0. The van der Waals surface area contributed by atoms with Crippen molar-refractivity contribution >= 4 is 39.1 Å². The van der Waals surface area contributed by atoms with E-state index in [1.807, 2.05) is 0 Å². The number of nitrogens with zero attached hydrogens (tertiary/aromatic N) is 1. The van der Waals surface area contributed by atoms with Crippen LogP contribution in [0.25, 0.3) is 0 Å². The lowest BCUT2D eigenvalue weighted by Crippen LogP contribution is -2.35.